The third kappa shape index (κ3) is 4.67. The van der Waals surface area contributed by atoms with Crippen molar-refractivity contribution in [3.8, 4) is 0 Å². The SMILES string of the molecule is Cc1cccc(S(=O)Cc2ccc(C(=O)NCc3cccc(F)c3)o2)c1. The van der Waals surface area contributed by atoms with E-state index in [1.165, 1.54) is 12.1 Å². The van der Waals surface area contributed by atoms with Crippen LogP contribution in [0.3, 0.4) is 0 Å². The highest BCUT2D eigenvalue weighted by atomic mass is 32.2. The van der Waals surface area contributed by atoms with Gasteiger partial charge < -0.3 is 9.73 Å². The molecule has 3 aromatic rings. The largest absolute Gasteiger partial charge is 0.455 e. The molecule has 0 bridgehead atoms. The van der Waals surface area contributed by atoms with E-state index in [1.54, 1.807) is 30.3 Å². The van der Waals surface area contributed by atoms with Gasteiger partial charge in [-0.05, 0) is 54.4 Å². The van der Waals surface area contributed by atoms with Gasteiger partial charge in [0, 0.05) is 11.4 Å². The monoisotopic (exact) mass is 371 g/mol. The molecule has 0 aliphatic heterocycles. The van der Waals surface area contributed by atoms with Gasteiger partial charge in [0.2, 0.25) is 0 Å². The first kappa shape index (κ1) is 18.1. The van der Waals surface area contributed by atoms with E-state index in [1.807, 2.05) is 25.1 Å². The van der Waals surface area contributed by atoms with E-state index in [-0.39, 0.29) is 23.9 Å². The lowest BCUT2D eigenvalue weighted by atomic mass is 10.2. The topological polar surface area (TPSA) is 59.3 Å². The molecule has 134 valence electrons. The Balaban J connectivity index is 1.60. The van der Waals surface area contributed by atoms with Gasteiger partial charge >= 0.3 is 0 Å². The molecule has 0 radical (unpaired) electrons. The van der Waals surface area contributed by atoms with Gasteiger partial charge in [-0.15, -0.1) is 0 Å². The molecule has 0 saturated carbocycles. The summed E-state index contributed by atoms with van der Waals surface area (Å²) in [5.41, 5.74) is 1.69. The first-order chi connectivity index (χ1) is 12.5. The second-order valence-electron chi connectivity index (χ2n) is 5.88. The summed E-state index contributed by atoms with van der Waals surface area (Å²) in [6, 6.07) is 16.7. The van der Waals surface area contributed by atoms with Crippen molar-refractivity contribution < 1.29 is 17.8 Å². The van der Waals surface area contributed by atoms with Crippen LogP contribution in [0.15, 0.2) is 70.0 Å². The van der Waals surface area contributed by atoms with Crippen molar-refractivity contribution in [2.24, 2.45) is 0 Å². The molecular weight excluding hydrogens is 353 g/mol. The molecule has 26 heavy (non-hydrogen) atoms. The van der Waals surface area contributed by atoms with Crippen molar-refractivity contribution in [1.29, 1.82) is 0 Å². The molecule has 1 amide bonds. The molecule has 3 rings (SSSR count). The summed E-state index contributed by atoms with van der Waals surface area (Å²) in [5, 5.41) is 2.67. The fraction of sp³-hybridized carbons (Fsp3) is 0.150. The second kappa shape index (κ2) is 8.10. The average Bonchev–Trinajstić information content (AvgIpc) is 3.08. The van der Waals surface area contributed by atoms with Crippen molar-refractivity contribution in [1.82, 2.24) is 5.32 Å². The van der Waals surface area contributed by atoms with E-state index in [4.69, 9.17) is 4.42 Å². The summed E-state index contributed by atoms with van der Waals surface area (Å²) < 4.78 is 31.0. The van der Waals surface area contributed by atoms with Gasteiger partial charge in [0.25, 0.3) is 5.91 Å². The summed E-state index contributed by atoms with van der Waals surface area (Å²) in [6.45, 7) is 2.14. The standard InChI is InChI=1S/C20H18FNO3S/c1-14-4-2-7-18(10-14)26(24)13-17-8-9-19(25-17)20(23)22-12-15-5-3-6-16(21)11-15/h2-11H,12-13H2,1H3,(H,22,23). The van der Waals surface area contributed by atoms with E-state index >= 15 is 0 Å². The zero-order valence-electron chi connectivity index (χ0n) is 14.2. The number of nitrogens with one attached hydrogen (secondary N) is 1. The number of hydrogen-bond donors (Lipinski definition) is 1. The predicted molar refractivity (Wildman–Crippen MR) is 97.6 cm³/mol. The second-order valence-corrected chi connectivity index (χ2v) is 7.34. The number of halogens is 1. The highest BCUT2D eigenvalue weighted by Gasteiger charge is 2.13. The summed E-state index contributed by atoms with van der Waals surface area (Å²) in [7, 11) is -1.25. The van der Waals surface area contributed by atoms with Gasteiger partial charge in [0.15, 0.2) is 5.76 Å². The summed E-state index contributed by atoms with van der Waals surface area (Å²) in [6.07, 6.45) is 0. The first-order valence-corrected chi connectivity index (χ1v) is 9.39. The Morgan fingerprint density at radius 3 is 2.69 bits per heavy atom. The van der Waals surface area contributed by atoms with Gasteiger partial charge in [-0.2, -0.15) is 0 Å². The van der Waals surface area contributed by atoms with E-state index in [9.17, 15) is 13.4 Å². The Morgan fingerprint density at radius 1 is 1.12 bits per heavy atom. The molecule has 0 aliphatic carbocycles. The van der Waals surface area contributed by atoms with Crippen LogP contribution in [-0.4, -0.2) is 10.1 Å². The van der Waals surface area contributed by atoms with Gasteiger partial charge in [-0.25, -0.2) is 4.39 Å². The van der Waals surface area contributed by atoms with Crippen LogP contribution in [-0.2, 0) is 23.1 Å². The van der Waals surface area contributed by atoms with E-state index in [0.717, 1.165) is 10.5 Å². The number of aryl methyl sites for hydroxylation is 1. The Labute approximate surface area is 153 Å². The number of amides is 1. The highest BCUT2D eigenvalue weighted by molar-refractivity contribution is 7.84. The zero-order chi connectivity index (χ0) is 18.5. The lowest BCUT2D eigenvalue weighted by molar-refractivity contribution is 0.0921. The molecule has 1 aromatic heterocycles. The summed E-state index contributed by atoms with van der Waals surface area (Å²) >= 11 is 0. The molecule has 1 atom stereocenters. The fourth-order valence-electron chi connectivity index (χ4n) is 2.46. The zero-order valence-corrected chi connectivity index (χ0v) is 15.0. The quantitative estimate of drug-likeness (QED) is 0.713. The Bertz CT molecular complexity index is 951. The molecule has 4 nitrogen and oxygen atoms in total. The van der Waals surface area contributed by atoms with Gasteiger partial charge in [0.1, 0.15) is 11.6 Å². The third-order valence-corrected chi connectivity index (χ3v) is 5.08. The van der Waals surface area contributed by atoms with Crippen LogP contribution in [0.2, 0.25) is 0 Å². The van der Waals surface area contributed by atoms with Gasteiger partial charge in [0.05, 0.1) is 16.6 Å². The summed E-state index contributed by atoms with van der Waals surface area (Å²) in [4.78, 5) is 12.9. The Hall–Kier alpha value is -2.73. The van der Waals surface area contributed by atoms with Crippen molar-refractivity contribution in [3.05, 3.63) is 89.1 Å². The molecule has 1 N–H and O–H groups in total. The van der Waals surface area contributed by atoms with Crippen molar-refractivity contribution in [2.75, 3.05) is 0 Å². The van der Waals surface area contributed by atoms with Crippen LogP contribution in [0.1, 0.15) is 27.4 Å². The molecule has 0 aliphatic rings. The van der Waals surface area contributed by atoms with E-state index in [2.05, 4.69) is 5.32 Å². The molecule has 2 aromatic carbocycles. The summed E-state index contributed by atoms with van der Waals surface area (Å²) in [5.74, 6) is 0.0524. The van der Waals surface area contributed by atoms with Gasteiger partial charge in [-0.1, -0.05) is 24.3 Å². The number of rotatable bonds is 6. The fourth-order valence-corrected chi connectivity index (χ4v) is 3.59. The lowest BCUT2D eigenvalue weighted by Gasteiger charge is -2.04. The average molecular weight is 371 g/mol. The molecule has 0 saturated heterocycles. The van der Waals surface area contributed by atoms with Crippen LogP contribution < -0.4 is 5.32 Å². The van der Waals surface area contributed by atoms with Crippen molar-refractivity contribution in [2.45, 2.75) is 24.1 Å². The normalized spacial score (nSPS) is 11.9. The van der Waals surface area contributed by atoms with Crippen molar-refractivity contribution >= 4 is 16.7 Å². The third-order valence-electron chi connectivity index (χ3n) is 3.75. The Kier molecular flexibility index (Phi) is 5.63. The lowest BCUT2D eigenvalue weighted by Crippen LogP contribution is -2.22. The van der Waals surface area contributed by atoms with E-state index in [0.29, 0.717) is 11.3 Å². The number of benzene rings is 2. The number of carbonyl (C=O) groups excluding carboxylic acids is 1. The van der Waals surface area contributed by atoms with Crippen LogP contribution in [0, 0.1) is 12.7 Å². The predicted octanol–water partition coefficient (Wildman–Crippen LogP) is 3.96. The Morgan fingerprint density at radius 2 is 1.92 bits per heavy atom. The maximum Gasteiger partial charge on any atom is 0.287 e. The number of hydrogen-bond acceptors (Lipinski definition) is 3. The maximum atomic E-state index is 13.1. The number of furan rings is 1. The van der Waals surface area contributed by atoms with Crippen molar-refractivity contribution in [3.63, 3.8) is 0 Å². The smallest absolute Gasteiger partial charge is 0.287 e. The first-order valence-electron chi connectivity index (χ1n) is 8.07. The minimum absolute atomic E-state index is 0.137. The molecule has 0 spiro atoms. The highest BCUT2D eigenvalue weighted by Crippen LogP contribution is 2.16. The van der Waals surface area contributed by atoms with Gasteiger partial charge in [-0.3, -0.25) is 9.00 Å². The minimum Gasteiger partial charge on any atom is -0.455 e. The molecule has 0 fully saturated rings. The molecular formula is C20H18FNO3S. The molecule has 1 unspecified atom stereocenters. The van der Waals surface area contributed by atoms with Crippen LogP contribution in [0.5, 0.6) is 0 Å². The van der Waals surface area contributed by atoms with Crippen LogP contribution >= 0.6 is 0 Å². The maximum absolute atomic E-state index is 13.1. The van der Waals surface area contributed by atoms with Crippen LogP contribution in [0.25, 0.3) is 0 Å². The molecule has 1 heterocycles. The number of carbonyl (C=O) groups is 1. The van der Waals surface area contributed by atoms with Crippen LogP contribution in [0.4, 0.5) is 4.39 Å². The molecule has 6 heteroatoms. The van der Waals surface area contributed by atoms with E-state index < -0.39 is 16.7 Å². The minimum atomic E-state index is -1.25.